The molecule has 6 nitrogen and oxygen atoms in total. The maximum atomic E-state index is 6.45. The molecule has 9 rings (SSSR count). The summed E-state index contributed by atoms with van der Waals surface area (Å²) in [7, 11) is 0. The average molecular weight is 592 g/mol. The standard InChI is InChI=1S/C40H25N5O/c1-4-12-26(13-5-1)37-42-38(27-14-6-2-7-15-27)44-39(43-37)28-20-22-30(23-21-28)45-33-19-11-10-18-31(33)35-34(45)25-24-32-36(35)46-40(41-32)29-16-8-3-9-17-29/h1-25H. The van der Waals surface area contributed by atoms with Crippen molar-refractivity contribution in [2.24, 2.45) is 0 Å². The lowest BCUT2D eigenvalue weighted by Crippen LogP contribution is -2.00. The van der Waals surface area contributed by atoms with Crippen molar-refractivity contribution in [3.05, 3.63) is 152 Å². The van der Waals surface area contributed by atoms with Crippen molar-refractivity contribution in [3.63, 3.8) is 0 Å². The van der Waals surface area contributed by atoms with E-state index in [1.165, 1.54) is 0 Å². The van der Waals surface area contributed by atoms with Gasteiger partial charge in [0.2, 0.25) is 5.89 Å². The summed E-state index contributed by atoms with van der Waals surface area (Å²) in [4.78, 5) is 19.5. The van der Waals surface area contributed by atoms with E-state index in [0.717, 1.165) is 60.8 Å². The van der Waals surface area contributed by atoms with Gasteiger partial charge in [0.05, 0.1) is 16.4 Å². The number of aromatic nitrogens is 5. The van der Waals surface area contributed by atoms with E-state index in [1.54, 1.807) is 0 Å². The molecule has 0 atom stereocenters. The summed E-state index contributed by atoms with van der Waals surface area (Å²) in [5.41, 5.74) is 8.54. The second-order valence-corrected chi connectivity index (χ2v) is 11.1. The second-order valence-electron chi connectivity index (χ2n) is 11.1. The third-order valence-electron chi connectivity index (χ3n) is 8.29. The Balaban J connectivity index is 1.18. The SMILES string of the molecule is c1ccc(-c2nc(-c3ccccc3)nc(-c3ccc(-n4c5ccccc5c5c6oc(-c7ccccc7)nc6ccc54)cc3)n2)cc1. The van der Waals surface area contributed by atoms with Gasteiger partial charge < -0.3 is 8.98 Å². The lowest BCUT2D eigenvalue weighted by atomic mass is 10.1. The third kappa shape index (κ3) is 4.35. The average Bonchev–Trinajstić information content (AvgIpc) is 3.72. The summed E-state index contributed by atoms with van der Waals surface area (Å²) in [6.07, 6.45) is 0. The predicted molar refractivity (Wildman–Crippen MR) is 183 cm³/mol. The molecule has 0 radical (unpaired) electrons. The van der Waals surface area contributed by atoms with Crippen LogP contribution in [-0.2, 0) is 0 Å². The van der Waals surface area contributed by atoms with Gasteiger partial charge >= 0.3 is 0 Å². The summed E-state index contributed by atoms with van der Waals surface area (Å²) in [5.74, 6) is 2.52. The molecular formula is C40H25N5O. The Labute approximate surface area is 264 Å². The Bertz CT molecular complexity index is 2440. The molecule has 0 bridgehead atoms. The quantitative estimate of drug-likeness (QED) is 0.199. The highest BCUT2D eigenvalue weighted by atomic mass is 16.3. The van der Waals surface area contributed by atoms with Crippen molar-refractivity contribution in [1.82, 2.24) is 24.5 Å². The molecule has 0 aliphatic carbocycles. The van der Waals surface area contributed by atoms with E-state index in [1.807, 2.05) is 97.1 Å². The first-order valence-corrected chi connectivity index (χ1v) is 15.2. The van der Waals surface area contributed by atoms with Gasteiger partial charge in [0, 0.05) is 33.3 Å². The van der Waals surface area contributed by atoms with Gasteiger partial charge in [0.1, 0.15) is 5.52 Å². The van der Waals surface area contributed by atoms with E-state index in [0.29, 0.717) is 23.4 Å². The lowest BCUT2D eigenvalue weighted by Gasteiger charge is -2.10. The van der Waals surface area contributed by atoms with Crippen LogP contribution in [0.4, 0.5) is 0 Å². The maximum Gasteiger partial charge on any atom is 0.227 e. The zero-order valence-electron chi connectivity index (χ0n) is 24.6. The van der Waals surface area contributed by atoms with Crippen LogP contribution in [0.25, 0.3) is 84.2 Å². The van der Waals surface area contributed by atoms with Gasteiger partial charge in [-0.3, -0.25) is 0 Å². The van der Waals surface area contributed by atoms with E-state index in [2.05, 4.69) is 59.2 Å². The molecular weight excluding hydrogens is 566 g/mol. The van der Waals surface area contributed by atoms with Crippen LogP contribution in [0.3, 0.4) is 0 Å². The second kappa shape index (κ2) is 10.6. The molecule has 0 saturated heterocycles. The van der Waals surface area contributed by atoms with Crippen molar-refractivity contribution in [2.45, 2.75) is 0 Å². The van der Waals surface area contributed by atoms with Crippen LogP contribution < -0.4 is 0 Å². The summed E-state index contributed by atoms with van der Waals surface area (Å²) in [6.45, 7) is 0. The minimum Gasteiger partial charge on any atom is -0.435 e. The molecule has 0 unspecified atom stereocenters. The molecule has 46 heavy (non-hydrogen) atoms. The van der Waals surface area contributed by atoms with E-state index in [9.17, 15) is 0 Å². The van der Waals surface area contributed by atoms with Crippen LogP contribution in [0.2, 0.25) is 0 Å². The van der Waals surface area contributed by atoms with Crippen molar-refractivity contribution >= 4 is 32.9 Å². The summed E-state index contributed by atoms with van der Waals surface area (Å²) in [5, 5.41) is 2.16. The van der Waals surface area contributed by atoms with Gasteiger partial charge in [-0.05, 0) is 54.6 Å². The molecule has 0 aliphatic rings. The Morgan fingerprint density at radius 2 is 0.935 bits per heavy atom. The number of hydrogen-bond acceptors (Lipinski definition) is 5. The number of nitrogens with zero attached hydrogens (tertiary/aromatic N) is 5. The molecule has 3 heterocycles. The highest BCUT2D eigenvalue weighted by Gasteiger charge is 2.19. The van der Waals surface area contributed by atoms with E-state index in [-0.39, 0.29) is 0 Å². The first-order valence-electron chi connectivity index (χ1n) is 15.2. The zero-order valence-corrected chi connectivity index (χ0v) is 24.6. The van der Waals surface area contributed by atoms with Gasteiger partial charge in [-0.25, -0.2) is 19.9 Å². The number of fused-ring (bicyclic) bond motifs is 5. The normalized spacial score (nSPS) is 11.5. The van der Waals surface area contributed by atoms with Crippen molar-refractivity contribution in [2.75, 3.05) is 0 Å². The topological polar surface area (TPSA) is 69.6 Å². The molecule has 0 fully saturated rings. The number of rotatable bonds is 5. The van der Waals surface area contributed by atoms with E-state index >= 15 is 0 Å². The molecule has 9 aromatic rings. The van der Waals surface area contributed by atoms with Gasteiger partial charge in [-0.15, -0.1) is 0 Å². The van der Waals surface area contributed by atoms with Crippen molar-refractivity contribution in [1.29, 1.82) is 0 Å². The van der Waals surface area contributed by atoms with Gasteiger partial charge in [-0.1, -0.05) is 97.1 Å². The minimum atomic E-state index is 0.617. The molecule has 0 aliphatic heterocycles. The number of benzene rings is 6. The molecule has 216 valence electrons. The molecule has 0 N–H and O–H groups in total. The Morgan fingerprint density at radius 3 is 1.54 bits per heavy atom. The van der Waals surface area contributed by atoms with Crippen LogP contribution in [-0.4, -0.2) is 24.5 Å². The van der Waals surface area contributed by atoms with Crippen LogP contribution in [0, 0.1) is 0 Å². The zero-order chi connectivity index (χ0) is 30.5. The fourth-order valence-electron chi connectivity index (χ4n) is 6.12. The summed E-state index contributed by atoms with van der Waals surface area (Å²) < 4.78 is 8.72. The van der Waals surface area contributed by atoms with Crippen LogP contribution in [0.5, 0.6) is 0 Å². The molecule has 0 saturated carbocycles. The third-order valence-corrected chi connectivity index (χ3v) is 8.29. The number of oxazole rings is 1. The summed E-state index contributed by atoms with van der Waals surface area (Å²) >= 11 is 0. The molecule has 0 spiro atoms. The minimum absolute atomic E-state index is 0.617. The molecule has 3 aromatic heterocycles. The maximum absolute atomic E-state index is 6.45. The smallest absolute Gasteiger partial charge is 0.227 e. The lowest BCUT2D eigenvalue weighted by molar-refractivity contribution is 0.623. The monoisotopic (exact) mass is 591 g/mol. The van der Waals surface area contributed by atoms with Crippen molar-refractivity contribution in [3.8, 4) is 51.3 Å². The van der Waals surface area contributed by atoms with Crippen LogP contribution >= 0.6 is 0 Å². The van der Waals surface area contributed by atoms with Crippen LogP contribution in [0.15, 0.2) is 156 Å². The highest BCUT2D eigenvalue weighted by molar-refractivity contribution is 6.19. The fourth-order valence-corrected chi connectivity index (χ4v) is 6.12. The summed E-state index contributed by atoms with van der Waals surface area (Å²) in [6, 6.07) is 51.1. The largest absolute Gasteiger partial charge is 0.435 e. The van der Waals surface area contributed by atoms with Gasteiger partial charge in [0.25, 0.3) is 0 Å². The Morgan fingerprint density at radius 1 is 0.413 bits per heavy atom. The number of hydrogen-bond donors (Lipinski definition) is 0. The Hall–Kier alpha value is -6.40. The first kappa shape index (κ1) is 26.0. The van der Waals surface area contributed by atoms with Gasteiger partial charge in [0.15, 0.2) is 23.1 Å². The van der Waals surface area contributed by atoms with E-state index in [4.69, 9.17) is 24.4 Å². The molecule has 6 aromatic carbocycles. The van der Waals surface area contributed by atoms with E-state index < -0.39 is 0 Å². The first-order chi connectivity index (χ1) is 22.8. The Kier molecular flexibility index (Phi) is 6.03. The molecule has 6 heteroatoms. The number of para-hydroxylation sites is 1. The highest BCUT2D eigenvalue weighted by Crippen LogP contribution is 2.38. The molecule has 0 amide bonds. The van der Waals surface area contributed by atoms with Gasteiger partial charge in [-0.2, -0.15) is 0 Å². The fraction of sp³-hybridized carbons (Fsp3) is 0. The predicted octanol–water partition coefficient (Wildman–Crippen LogP) is 9.78. The van der Waals surface area contributed by atoms with Crippen LogP contribution in [0.1, 0.15) is 0 Å². The van der Waals surface area contributed by atoms with Crippen molar-refractivity contribution < 1.29 is 4.42 Å².